The predicted molar refractivity (Wildman–Crippen MR) is 89.6 cm³/mol. The van der Waals surface area contributed by atoms with E-state index in [9.17, 15) is 9.59 Å². The lowest BCUT2D eigenvalue weighted by molar-refractivity contribution is -0.113. The largest absolute Gasteiger partial charge is 0.444 e. The number of piperazine rings is 1. The summed E-state index contributed by atoms with van der Waals surface area (Å²) in [6.07, 6.45) is 1.62. The van der Waals surface area contributed by atoms with E-state index in [-0.39, 0.29) is 16.9 Å². The van der Waals surface area contributed by atoms with Gasteiger partial charge in [-0.05, 0) is 26.8 Å². The molecule has 0 saturated carbocycles. The van der Waals surface area contributed by atoms with Crippen LogP contribution in [0.25, 0.3) is 0 Å². The molecule has 0 aromatic rings. The number of aldehydes is 1. The van der Waals surface area contributed by atoms with Crippen molar-refractivity contribution in [1.82, 2.24) is 9.80 Å². The van der Waals surface area contributed by atoms with E-state index in [1.54, 1.807) is 25.7 Å². The van der Waals surface area contributed by atoms with Crippen molar-refractivity contribution in [3.8, 4) is 0 Å². The Labute approximate surface area is 145 Å². The van der Waals surface area contributed by atoms with Gasteiger partial charge in [-0.2, -0.15) is 0 Å². The minimum absolute atomic E-state index is 0.0113. The third-order valence-corrected chi connectivity index (χ3v) is 3.36. The first-order chi connectivity index (χ1) is 10.5. The molecule has 1 amide bonds. The summed E-state index contributed by atoms with van der Waals surface area (Å²) in [7, 11) is 0. The third-order valence-electron chi connectivity index (χ3n) is 3.06. The fraction of sp³-hybridized carbons (Fsp3) is 0.571. The molecule has 1 rings (SSSR count). The molecule has 0 aromatic carbocycles. The number of allylic oxidation sites excluding steroid dienone is 1. The van der Waals surface area contributed by atoms with Crippen molar-refractivity contribution >= 4 is 35.6 Å². The maximum absolute atomic E-state index is 12.1. The van der Waals surface area contributed by atoms with Gasteiger partial charge in [-0.3, -0.25) is 0 Å². The molecule has 0 aliphatic carbocycles. The van der Waals surface area contributed by atoms with Crippen molar-refractivity contribution in [3.63, 3.8) is 0 Å². The van der Waals surface area contributed by atoms with Crippen LogP contribution in [0.2, 0.25) is 0 Å². The Morgan fingerprint density at radius 3 is 2.30 bits per heavy atom. The lowest BCUT2D eigenvalue weighted by Gasteiger charge is -2.41. The normalized spacial score (nSPS) is 20.9. The molecule has 1 heterocycles. The van der Waals surface area contributed by atoms with Crippen LogP contribution < -0.4 is 11.5 Å². The SMILES string of the molecule is CC(C)(C)OC(=O)N1CCN(C(/C=C(\N)Cl)=C(/N)Cl)C(C=O)C1. The van der Waals surface area contributed by atoms with E-state index in [1.807, 2.05) is 0 Å². The van der Waals surface area contributed by atoms with Gasteiger partial charge in [0.15, 0.2) is 0 Å². The standard InChI is InChI=1S/C14H22Cl2N4O3/c1-14(2,3)23-13(22)19-4-5-20(9(7-19)8-21)10(12(16)18)6-11(15)17/h6,8-9H,4-5,7,17-18H2,1-3H3/b11-6-,12-10+. The average molecular weight is 365 g/mol. The number of carbonyl (C=O) groups is 2. The second-order valence-corrected chi connectivity index (χ2v) is 6.93. The molecule has 130 valence electrons. The fourth-order valence-corrected chi connectivity index (χ4v) is 2.40. The summed E-state index contributed by atoms with van der Waals surface area (Å²) in [6.45, 7) is 6.18. The number of rotatable bonds is 3. The Bertz CT molecular complexity index is 521. The van der Waals surface area contributed by atoms with Gasteiger partial charge in [0.25, 0.3) is 0 Å². The molecule has 1 aliphatic rings. The molecule has 1 atom stereocenters. The summed E-state index contributed by atoms with van der Waals surface area (Å²) in [5, 5.41) is -0.0472. The van der Waals surface area contributed by atoms with Crippen molar-refractivity contribution in [3.05, 3.63) is 22.1 Å². The lowest BCUT2D eigenvalue weighted by atomic mass is 10.1. The topological polar surface area (TPSA) is 102 Å². The van der Waals surface area contributed by atoms with Crippen molar-refractivity contribution in [2.45, 2.75) is 32.4 Å². The van der Waals surface area contributed by atoms with E-state index >= 15 is 0 Å². The van der Waals surface area contributed by atoms with Gasteiger partial charge in [-0.1, -0.05) is 23.2 Å². The Balaban J connectivity index is 2.92. The quantitative estimate of drug-likeness (QED) is 0.447. The summed E-state index contributed by atoms with van der Waals surface area (Å²) in [5.74, 6) is 0. The molecule has 4 N–H and O–H groups in total. The van der Waals surface area contributed by atoms with Gasteiger partial charge in [0.2, 0.25) is 0 Å². The number of carbonyl (C=O) groups excluding carboxylic acids is 2. The van der Waals surface area contributed by atoms with E-state index in [4.69, 9.17) is 39.4 Å². The number of halogens is 2. The average Bonchev–Trinajstić information content (AvgIpc) is 2.41. The van der Waals surface area contributed by atoms with Crippen LogP contribution in [-0.4, -0.2) is 53.5 Å². The Kier molecular flexibility index (Phi) is 6.58. The first kappa shape index (κ1) is 19.4. The zero-order valence-corrected chi connectivity index (χ0v) is 14.9. The number of nitrogens with two attached hydrogens (primary N) is 2. The highest BCUT2D eigenvalue weighted by Gasteiger charge is 2.33. The van der Waals surface area contributed by atoms with Gasteiger partial charge in [-0.15, -0.1) is 0 Å². The van der Waals surface area contributed by atoms with Crippen LogP contribution in [0.1, 0.15) is 20.8 Å². The number of ether oxygens (including phenoxy) is 1. The summed E-state index contributed by atoms with van der Waals surface area (Å²) in [6, 6.07) is -0.629. The Hall–Kier alpha value is -1.60. The van der Waals surface area contributed by atoms with Crippen molar-refractivity contribution in [2.24, 2.45) is 11.5 Å². The van der Waals surface area contributed by atoms with E-state index in [1.165, 1.54) is 11.0 Å². The van der Waals surface area contributed by atoms with Crippen LogP contribution in [-0.2, 0) is 9.53 Å². The molecule has 1 unspecified atom stereocenters. The summed E-state index contributed by atoms with van der Waals surface area (Å²) >= 11 is 11.5. The van der Waals surface area contributed by atoms with E-state index in [0.29, 0.717) is 25.1 Å². The molecule has 0 bridgehead atoms. The maximum Gasteiger partial charge on any atom is 0.410 e. The molecule has 0 spiro atoms. The first-order valence-corrected chi connectivity index (χ1v) is 7.78. The van der Waals surface area contributed by atoms with Crippen molar-refractivity contribution in [1.29, 1.82) is 0 Å². The highest BCUT2D eigenvalue weighted by molar-refractivity contribution is 6.30. The monoisotopic (exact) mass is 364 g/mol. The highest BCUT2D eigenvalue weighted by Crippen LogP contribution is 2.21. The summed E-state index contributed by atoms with van der Waals surface area (Å²) in [5.41, 5.74) is 10.8. The van der Waals surface area contributed by atoms with Crippen LogP contribution >= 0.6 is 23.2 Å². The molecule has 1 saturated heterocycles. The lowest BCUT2D eigenvalue weighted by Crippen LogP contribution is -2.55. The van der Waals surface area contributed by atoms with Crippen molar-refractivity contribution < 1.29 is 14.3 Å². The molecule has 0 radical (unpaired) electrons. The molecular formula is C14H22Cl2N4O3. The number of amides is 1. The molecule has 1 aliphatic heterocycles. The molecule has 7 nitrogen and oxygen atoms in total. The van der Waals surface area contributed by atoms with Gasteiger partial charge in [-0.25, -0.2) is 4.79 Å². The molecule has 0 aromatic heterocycles. The summed E-state index contributed by atoms with van der Waals surface area (Å²) in [4.78, 5) is 26.7. The van der Waals surface area contributed by atoms with Crippen LogP contribution in [0.4, 0.5) is 4.79 Å². The number of nitrogens with zero attached hydrogens (tertiary/aromatic N) is 2. The van der Waals surface area contributed by atoms with Crippen LogP contribution in [0.5, 0.6) is 0 Å². The van der Waals surface area contributed by atoms with E-state index in [0.717, 1.165) is 0 Å². The van der Waals surface area contributed by atoms with Crippen molar-refractivity contribution in [2.75, 3.05) is 19.6 Å². The summed E-state index contributed by atoms with van der Waals surface area (Å²) < 4.78 is 5.31. The molecular weight excluding hydrogens is 343 g/mol. The van der Waals surface area contributed by atoms with E-state index in [2.05, 4.69) is 0 Å². The maximum atomic E-state index is 12.1. The highest BCUT2D eigenvalue weighted by atomic mass is 35.5. The predicted octanol–water partition coefficient (Wildman–Crippen LogP) is 1.51. The zero-order chi connectivity index (χ0) is 17.8. The van der Waals surface area contributed by atoms with Gasteiger partial charge in [0.1, 0.15) is 28.2 Å². The van der Waals surface area contributed by atoms with E-state index < -0.39 is 17.7 Å². The minimum atomic E-state index is -0.629. The fourth-order valence-electron chi connectivity index (χ4n) is 2.14. The molecule has 1 fully saturated rings. The minimum Gasteiger partial charge on any atom is -0.444 e. The second-order valence-electron chi connectivity index (χ2n) is 6.09. The Morgan fingerprint density at radius 2 is 1.87 bits per heavy atom. The second kappa shape index (κ2) is 7.79. The first-order valence-electron chi connectivity index (χ1n) is 7.03. The number of hydrogen-bond donors (Lipinski definition) is 2. The number of hydrogen-bond acceptors (Lipinski definition) is 6. The van der Waals surface area contributed by atoms with Crippen LogP contribution in [0, 0.1) is 0 Å². The van der Waals surface area contributed by atoms with Gasteiger partial charge in [0, 0.05) is 13.1 Å². The third kappa shape index (κ3) is 5.84. The zero-order valence-electron chi connectivity index (χ0n) is 13.4. The van der Waals surface area contributed by atoms with Gasteiger partial charge in [0.05, 0.1) is 12.2 Å². The molecule has 23 heavy (non-hydrogen) atoms. The smallest absolute Gasteiger partial charge is 0.410 e. The Morgan fingerprint density at radius 1 is 1.26 bits per heavy atom. The van der Waals surface area contributed by atoms with Crippen LogP contribution in [0.15, 0.2) is 22.1 Å². The molecule has 9 heteroatoms. The van der Waals surface area contributed by atoms with Gasteiger partial charge >= 0.3 is 6.09 Å². The van der Waals surface area contributed by atoms with Crippen LogP contribution in [0.3, 0.4) is 0 Å². The van der Waals surface area contributed by atoms with Gasteiger partial charge < -0.3 is 30.8 Å².